The maximum Gasteiger partial charge on any atom is 0.494 e. The van der Waals surface area contributed by atoms with Crippen molar-refractivity contribution in [3.63, 3.8) is 0 Å². The second-order valence-corrected chi connectivity index (χ2v) is 6.21. The van der Waals surface area contributed by atoms with Crippen LogP contribution in [-0.2, 0) is 20.7 Å². The maximum absolute atomic E-state index is 9.62. The summed E-state index contributed by atoms with van der Waals surface area (Å²) in [6.45, 7) is 8.57. The van der Waals surface area contributed by atoms with Gasteiger partial charge in [0.05, 0.1) is 17.8 Å². The van der Waals surface area contributed by atoms with E-state index in [4.69, 9.17) is 14.0 Å². The van der Waals surface area contributed by atoms with Crippen LogP contribution in [0.1, 0.15) is 45.1 Å². The number of rotatable bonds is 1. The van der Waals surface area contributed by atoms with E-state index in [9.17, 15) is 5.11 Å². The third-order valence-electron chi connectivity index (χ3n) is 4.36. The van der Waals surface area contributed by atoms with Crippen molar-refractivity contribution in [3.8, 4) is 0 Å². The molecule has 0 bridgehead atoms. The largest absolute Gasteiger partial charge is 0.494 e. The average Bonchev–Trinajstić information content (AvgIpc) is 2.78. The van der Waals surface area contributed by atoms with E-state index < -0.39 is 6.29 Å². The predicted molar refractivity (Wildman–Crippen MR) is 71.9 cm³/mol. The van der Waals surface area contributed by atoms with Gasteiger partial charge in [0, 0.05) is 5.56 Å². The van der Waals surface area contributed by atoms with Gasteiger partial charge in [0.2, 0.25) is 0 Å². The molecule has 2 heterocycles. The average molecular weight is 262 g/mol. The van der Waals surface area contributed by atoms with Crippen LogP contribution in [0.2, 0.25) is 0 Å². The molecule has 0 aliphatic carbocycles. The highest BCUT2D eigenvalue weighted by Gasteiger charge is 2.51. The molecule has 0 radical (unpaired) electrons. The summed E-state index contributed by atoms with van der Waals surface area (Å²) in [4.78, 5) is 0. The van der Waals surface area contributed by atoms with E-state index in [0.717, 1.165) is 16.6 Å². The van der Waals surface area contributed by atoms with Crippen LogP contribution >= 0.6 is 0 Å². The molecule has 2 aliphatic rings. The molecule has 1 fully saturated rings. The molecule has 3 rings (SSSR count). The van der Waals surface area contributed by atoms with Gasteiger partial charge < -0.3 is 19.2 Å². The number of hydrogen-bond donors (Lipinski definition) is 1. The smallest absolute Gasteiger partial charge is 0.399 e. The Kier molecular flexibility index (Phi) is 2.80. The van der Waals surface area contributed by atoms with Gasteiger partial charge in [-0.25, -0.2) is 0 Å². The van der Waals surface area contributed by atoms with Crippen LogP contribution in [0.3, 0.4) is 0 Å². The third-order valence-corrected chi connectivity index (χ3v) is 4.36. The molecular formula is C14H19BO4. The number of benzene rings is 1. The van der Waals surface area contributed by atoms with Crippen LogP contribution in [0, 0.1) is 0 Å². The van der Waals surface area contributed by atoms with Gasteiger partial charge in [-0.1, -0.05) is 18.2 Å². The first-order valence-electron chi connectivity index (χ1n) is 6.58. The fourth-order valence-electron chi connectivity index (χ4n) is 2.38. The topological polar surface area (TPSA) is 47.9 Å². The van der Waals surface area contributed by atoms with Gasteiger partial charge in [-0.3, -0.25) is 0 Å². The van der Waals surface area contributed by atoms with Gasteiger partial charge in [-0.05, 0) is 38.7 Å². The Hall–Kier alpha value is -0.875. The number of aliphatic hydroxyl groups is 1. The fourth-order valence-corrected chi connectivity index (χ4v) is 2.38. The van der Waals surface area contributed by atoms with Crippen molar-refractivity contribution >= 4 is 12.6 Å². The minimum absolute atomic E-state index is 0.341. The Labute approximate surface area is 113 Å². The summed E-state index contributed by atoms with van der Waals surface area (Å²) in [5.41, 5.74) is 2.12. The van der Waals surface area contributed by atoms with Crippen LogP contribution in [-0.4, -0.2) is 23.4 Å². The summed E-state index contributed by atoms with van der Waals surface area (Å²) >= 11 is 0. The first-order chi connectivity index (χ1) is 8.80. The fraction of sp³-hybridized carbons (Fsp3) is 0.571. The zero-order valence-corrected chi connectivity index (χ0v) is 11.8. The molecule has 19 heavy (non-hydrogen) atoms. The standard InChI is InChI=1S/C14H19BO4/c1-13(2)14(3,4)19-15(18-13)10-5-6-11-9(7-10)8-17-12(11)16/h5-7,12,16H,8H2,1-4H3. The molecule has 0 amide bonds. The van der Waals surface area contributed by atoms with E-state index in [-0.39, 0.29) is 18.3 Å². The zero-order valence-electron chi connectivity index (χ0n) is 11.8. The van der Waals surface area contributed by atoms with Crippen LogP contribution < -0.4 is 5.46 Å². The van der Waals surface area contributed by atoms with E-state index in [1.54, 1.807) is 0 Å². The summed E-state index contributed by atoms with van der Waals surface area (Å²) in [5, 5.41) is 9.62. The molecule has 1 unspecified atom stereocenters. The minimum Gasteiger partial charge on any atom is -0.399 e. The second-order valence-electron chi connectivity index (χ2n) is 6.21. The van der Waals surface area contributed by atoms with Gasteiger partial charge in [0.1, 0.15) is 0 Å². The summed E-state index contributed by atoms with van der Waals surface area (Å²) in [6, 6.07) is 5.81. The molecule has 1 atom stereocenters. The molecule has 1 saturated heterocycles. The lowest BCUT2D eigenvalue weighted by Crippen LogP contribution is -2.41. The molecule has 1 aromatic carbocycles. The van der Waals surface area contributed by atoms with Gasteiger partial charge in [-0.15, -0.1) is 0 Å². The van der Waals surface area contributed by atoms with Crippen molar-refractivity contribution in [2.75, 3.05) is 0 Å². The maximum atomic E-state index is 9.62. The van der Waals surface area contributed by atoms with E-state index in [2.05, 4.69) is 0 Å². The lowest BCUT2D eigenvalue weighted by atomic mass is 9.78. The van der Waals surface area contributed by atoms with E-state index >= 15 is 0 Å². The second kappa shape index (κ2) is 4.06. The first kappa shape index (κ1) is 13.1. The highest BCUT2D eigenvalue weighted by molar-refractivity contribution is 6.62. The van der Waals surface area contributed by atoms with E-state index in [1.807, 2.05) is 45.9 Å². The summed E-state index contributed by atoms with van der Waals surface area (Å²) < 4.78 is 17.2. The highest BCUT2D eigenvalue weighted by atomic mass is 16.7. The SMILES string of the molecule is CC1(C)OB(c2ccc3c(c2)COC3O)OC1(C)C. The zero-order chi connectivity index (χ0) is 13.8. The number of hydrogen-bond acceptors (Lipinski definition) is 4. The van der Waals surface area contributed by atoms with E-state index in [1.165, 1.54) is 0 Å². The van der Waals surface area contributed by atoms with Crippen molar-refractivity contribution in [2.24, 2.45) is 0 Å². The summed E-state index contributed by atoms with van der Waals surface area (Å²) in [5.74, 6) is 0. The van der Waals surface area contributed by atoms with Gasteiger partial charge >= 0.3 is 7.12 Å². The number of aliphatic hydroxyl groups excluding tert-OH is 1. The van der Waals surface area contributed by atoms with Crippen LogP contribution in [0.25, 0.3) is 0 Å². The Morgan fingerprint density at radius 2 is 1.79 bits per heavy atom. The number of fused-ring (bicyclic) bond motifs is 1. The van der Waals surface area contributed by atoms with Crippen molar-refractivity contribution in [2.45, 2.75) is 51.8 Å². The van der Waals surface area contributed by atoms with Crippen molar-refractivity contribution in [1.82, 2.24) is 0 Å². The van der Waals surface area contributed by atoms with Crippen LogP contribution in [0.15, 0.2) is 18.2 Å². The van der Waals surface area contributed by atoms with Gasteiger partial charge in [0.15, 0.2) is 6.29 Å². The molecule has 2 aliphatic heterocycles. The van der Waals surface area contributed by atoms with Gasteiger partial charge in [-0.2, -0.15) is 0 Å². The first-order valence-corrected chi connectivity index (χ1v) is 6.58. The Balaban J connectivity index is 1.89. The molecular weight excluding hydrogens is 243 g/mol. The number of ether oxygens (including phenoxy) is 1. The van der Waals surface area contributed by atoms with Crippen LogP contribution in [0.4, 0.5) is 0 Å². The highest BCUT2D eigenvalue weighted by Crippen LogP contribution is 2.37. The monoisotopic (exact) mass is 262 g/mol. The molecule has 102 valence electrons. The third kappa shape index (κ3) is 2.01. The Bertz CT molecular complexity index is 496. The lowest BCUT2D eigenvalue weighted by molar-refractivity contribution is -0.0918. The molecule has 1 N–H and O–H groups in total. The van der Waals surface area contributed by atoms with Crippen molar-refractivity contribution in [1.29, 1.82) is 0 Å². The quantitative estimate of drug-likeness (QED) is 0.779. The molecule has 0 saturated carbocycles. The molecule has 4 nitrogen and oxygen atoms in total. The molecule has 1 aromatic rings. The van der Waals surface area contributed by atoms with Gasteiger partial charge in [0.25, 0.3) is 0 Å². The summed E-state index contributed by atoms with van der Waals surface area (Å²) in [6.07, 6.45) is -0.803. The van der Waals surface area contributed by atoms with Crippen molar-refractivity contribution in [3.05, 3.63) is 29.3 Å². The normalized spacial score (nSPS) is 27.6. The molecule has 0 spiro atoms. The minimum atomic E-state index is -0.803. The Morgan fingerprint density at radius 1 is 1.16 bits per heavy atom. The Morgan fingerprint density at radius 3 is 2.42 bits per heavy atom. The van der Waals surface area contributed by atoms with E-state index in [0.29, 0.717) is 6.61 Å². The predicted octanol–water partition coefficient (Wildman–Crippen LogP) is 1.51. The van der Waals surface area contributed by atoms with Crippen molar-refractivity contribution < 1.29 is 19.2 Å². The molecule has 0 aromatic heterocycles. The van der Waals surface area contributed by atoms with Crippen LogP contribution in [0.5, 0.6) is 0 Å². The molecule has 5 heteroatoms. The summed E-state index contributed by atoms with van der Waals surface area (Å²) in [7, 11) is -0.368. The lowest BCUT2D eigenvalue weighted by Gasteiger charge is -2.32.